The van der Waals surface area contributed by atoms with Crippen LogP contribution in [0.4, 0.5) is 10.5 Å². The number of anilines is 1. The Labute approximate surface area is 281 Å². The first-order valence-electron chi connectivity index (χ1n) is 17.3. The van der Waals surface area contributed by atoms with Crippen LogP contribution >= 0.6 is 0 Å². The Morgan fingerprint density at radius 3 is 2.15 bits per heavy atom. The fourth-order valence-corrected chi connectivity index (χ4v) is 8.22. The van der Waals surface area contributed by atoms with Gasteiger partial charge in [0.2, 0.25) is 11.8 Å². The van der Waals surface area contributed by atoms with Crippen molar-refractivity contribution in [2.45, 2.75) is 101 Å². The van der Waals surface area contributed by atoms with Crippen molar-refractivity contribution in [3.05, 3.63) is 101 Å². The number of benzene rings is 3. The van der Waals surface area contributed by atoms with Crippen molar-refractivity contribution in [3.63, 3.8) is 0 Å². The van der Waals surface area contributed by atoms with Gasteiger partial charge in [-0.15, -0.1) is 0 Å². The van der Waals surface area contributed by atoms with E-state index in [9.17, 15) is 14.4 Å². The van der Waals surface area contributed by atoms with Gasteiger partial charge >= 0.3 is 12.1 Å². The summed E-state index contributed by atoms with van der Waals surface area (Å²) in [6.45, 7) is 0.347. The molecule has 3 aromatic rings. The molecular weight excluding hydrogens is 606 g/mol. The molecular formula is C39H43N3O6. The number of nitrogens with zero attached hydrogens (tertiary/aromatic N) is 3. The number of para-hydroxylation sites is 1. The van der Waals surface area contributed by atoms with Crippen LogP contribution in [-0.4, -0.2) is 65.0 Å². The summed E-state index contributed by atoms with van der Waals surface area (Å²) in [6.07, 6.45) is 6.16. The highest BCUT2D eigenvalue weighted by molar-refractivity contribution is 6.02. The number of carbonyl (C=O) groups excluding carboxylic acids is 4. The number of hydrogen-bond donors (Lipinski definition) is 0. The van der Waals surface area contributed by atoms with Crippen LogP contribution in [0, 0.1) is 0 Å². The first kappa shape index (κ1) is 31.9. The smallest absolute Gasteiger partial charge is 0.415 e. The van der Waals surface area contributed by atoms with Gasteiger partial charge in [-0.1, -0.05) is 79.2 Å². The maximum Gasteiger partial charge on any atom is 0.415 e. The highest BCUT2D eigenvalue weighted by Crippen LogP contribution is 2.42. The number of carbonyl (C=O) groups is 4. The lowest BCUT2D eigenvalue weighted by atomic mass is 9.91. The van der Waals surface area contributed by atoms with Crippen molar-refractivity contribution in [1.82, 2.24) is 9.80 Å². The lowest BCUT2D eigenvalue weighted by molar-refractivity contribution is -0.150. The van der Waals surface area contributed by atoms with Gasteiger partial charge < -0.3 is 19.3 Å². The third kappa shape index (κ3) is 6.18. The average molecular weight is 650 g/mol. The van der Waals surface area contributed by atoms with Crippen molar-refractivity contribution in [3.8, 4) is 0 Å². The number of likely N-dealkylation sites (tertiary alicyclic amines) is 1. The van der Waals surface area contributed by atoms with Gasteiger partial charge in [0.15, 0.2) is 0 Å². The lowest BCUT2D eigenvalue weighted by Gasteiger charge is -2.41. The Morgan fingerprint density at radius 1 is 0.708 bits per heavy atom. The lowest BCUT2D eigenvalue weighted by Crippen LogP contribution is -2.57. The van der Waals surface area contributed by atoms with E-state index in [4.69, 9.17) is 9.47 Å². The van der Waals surface area contributed by atoms with E-state index in [1.807, 2.05) is 78.9 Å². The molecule has 3 heterocycles. The predicted molar refractivity (Wildman–Crippen MR) is 180 cm³/mol. The summed E-state index contributed by atoms with van der Waals surface area (Å²) in [5.41, 5.74) is 4.67. The fourth-order valence-electron chi connectivity index (χ4n) is 8.22. The van der Waals surface area contributed by atoms with E-state index < -0.39 is 24.2 Å². The summed E-state index contributed by atoms with van der Waals surface area (Å²) in [6, 6.07) is 23.1. The quantitative estimate of drug-likeness (QED) is 0.298. The molecule has 250 valence electrons. The van der Waals surface area contributed by atoms with Gasteiger partial charge in [-0.25, -0.2) is 4.79 Å². The molecule has 1 saturated heterocycles. The van der Waals surface area contributed by atoms with Crippen LogP contribution in [0.15, 0.2) is 78.9 Å². The second-order valence-corrected chi connectivity index (χ2v) is 13.5. The zero-order valence-electron chi connectivity index (χ0n) is 27.5. The largest absolute Gasteiger partial charge is 0.469 e. The van der Waals surface area contributed by atoms with Crippen LogP contribution in [-0.2, 0) is 43.2 Å². The third-order valence-electron chi connectivity index (χ3n) is 10.7. The van der Waals surface area contributed by atoms with E-state index in [1.54, 1.807) is 9.80 Å². The summed E-state index contributed by atoms with van der Waals surface area (Å²) in [7, 11) is 1.36. The summed E-state index contributed by atoms with van der Waals surface area (Å²) in [4.78, 5) is 61.3. The van der Waals surface area contributed by atoms with Gasteiger partial charge in [-0.05, 0) is 73.3 Å². The average Bonchev–Trinajstić information content (AvgIpc) is 3.74. The maximum atomic E-state index is 15.0. The number of esters is 1. The molecule has 2 fully saturated rings. The molecule has 0 spiro atoms. The molecule has 0 N–H and O–H groups in total. The predicted octanol–water partition coefficient (Wildman–Crippen LogP) is 6.14. The number of hydrogen-bond acceptors (Lipinski definition) is 6. The molecule has 0 bridgehead atoms. The van der Waals surface area contributed by atoms with Gasteiger partial charge in [-0.2, -0.15) is 0 Å². The van der Waals surface area contributed by atoms with E-state index in [1.165, 1.54) is 12.0 Å². The number of methoxy groups -OCH3 is 1. The van der Waals surface area contributed by atoms with Gasteiger partial charge in [0, 0.05) is 19.0 Å². The molecule has 4 aliphatic rings. The Morgan fingerprint density at radius 2 is 1.40 bits per heavy atom. The summed E-state index contributed by atoms with van der Waals surface area (Å²) in [5, 5.41) is 0. The molecule has 1 saturated carbocycles. The number of amides is 3. The SMILES string of the molecule is COC(=O)C[C@H]1Cc2ccccc2CN1C(=O)[C@H]1CC[C@@H](c2ccccc2)N1C(=O)[C@H]1Cc2ccccc2N1C(=O)OC1CCCCC1. The Hall–Kier alpha value is -4.66. The third-order valence-corrected chi connectivity index (χ3v) is 10.7. The van der Waals surface area contributed by atoms with Crippen LogP contribution < -0.4 is 4.90 Å². The van der Waals surface area contributed by atoms with E-state index >= 15 is 4.79 Å². The van der Waals surface area contributed by atoms with Crippen molar-refractivity contribution in [2.75, 3.05) is 12.0 Å². The minimum Gasteiger partial charge on any atom is -0.469 e. The van der Waals surface area contributed by atoms with Gasteiger partial charge in [0.05, 0.1) is 25.3 Å². The number of rotatable bonds is 6. The Balaban J connectivity index is 1.23. The summed E-state index contributed by atoms with van der Waals surface area (Å²) < 4.78 is 11.1. The standard InChI is InChI=1S/C39H43N3O6/c1-47-36(43)24-30-22-27-14-8-9-16-29(27)25-40(30)37(44)34-21-20-33(26-12-4-2-5-13-26)41(34)38(45)35-23-28-15-10-11-19-32(28)42(35)39(46)48-31-17-6-3-7-18-31/h2,4-5,8-16,19,30-31,33-35H,3,6-7,17-18,20-25H2,1H3/t30-,33+,34-,35-/m1/s1. The highest BCUT2D eigenvalue weighted by Gasteiger charge is 2.50. The molecule has 48 heavy (non-hydrogen) atoms. The van der Waals surface area contributed by atoms with Crippen LogP contribution in [0.5, 0.6) is 0 Å². The second kappa shape index (κ2) is 13.8. The van der Waals surface area contributed by atoms with E-state index in [2.05, 4.69) is 0 Å². The fraction of sp³-hybridized carbons (Fsp3) is 0.436. The Kier molecular flexibility index (Phi) is 9.19. The first-order valence-corrected chi connectivity index (χ1v) is 17.3. The van der Waals surface area contributed by atoms with E-state index in [0.29, 0.717) is 37.9 Å². The highest BCUT2D eigenvalue weighted by atomic mass is 16.6. The maximum absolute atomic E-state index is 15.0. The molecule has 0 unspecified atom stereocenters. The van der Waals surface area contributed by atoms with Gasteiger partial charge in [0.25, 0.3) is 0 Å². The number of fused-ring (bicyclic) bond motifs is 2. The van der Waals surface area contributed by atoms with Crippen LogP contribution in [0.25, 0.3) is 0 Å². The molecule has 9 heteroatoms. The van der Waals surface area contributed by atoms with E-state index in [0.717, 1.165) is 54.4 Å². The molecule has 4 atom stereocenters. The van der Waals surface area contributed by atoms with Crippen LogP contribution in [0.2, 0.25) is 0 Å². The van der Waals surface area contributed by atoms with Crippen molar-refractivity contribution < 1.29 is 28.7 Å². The normalized spacial score (nSPS) is 23.7. The Bertz CT molecular complexity index is 1670. The monoisotopic (exact) mass is 649 g/mol. The van der Waals surface area contributed by atoms with Crippen molar-refractivity contribution in [1.29, 1.82) is 0 Å². The molecule has 3 aliphatic heterocycles. The topological polar surface area (TPSA) is 96.5 Å². The summed E-state index contributed by atoms with van der Waals surface area (Å²) >= 11 is 0. The number of ether oxygens (including phenoxy) is 2. The zero-order chi connectivity index (χ0) is 33.2. The van der Waals surface area contributed by atoms with Gasteiger partial charge in [-0.3, -0.25) is 19.3 Å². The first-order chi connectivity index (χ1) is 23.4. The van der Waals surface area contributed by atoms with Gasteiger partial charge in [0.1, 0.15) is 18.2 Å². The molecule has 0 radical (unpaired) electrons. The molecule has 1 aliphatic carbocycles. The minimum absolute atomic E-state index is 0.0675. The molecule has 9 nitrogen and oxygen atoms in total. The molecule has 7 rings (SSSR count). The van der Waals surface area contributed by atoms with Crippen molar-refractivity contribution in [2.24, 2.45) is 0 Å². The van der Waals surface area contributed by atoms with E-state index in [-0.39, 0.29) is 36.4 Å². The van der Waals surface area contributed by atoms with Crippen LogP contribution in [0.1, 0.15) is 79.7 Å². The van der Waals surface area contributed by atoms with Crippen molar-refractivity contribution >= 4 is 29.6 Å². The second-order valence-electron chi connectivity index (χ2n) is 13.5. The minimum atomic E-state index is -0.842. The molecule has 0 aromatic heterocycles. The summed E-state index contributed by atoms with van der Waals surface area (Å²) in [5.74, 6) is -0.829. The zero-order valence-corrected chi connectivity index (χ0v) is 27.5. The molecule has 3 aromatic carbocycles. The molecule has 3 amide bonds. The van der Waals surface area contributed by atoms with Crippen LogP contribution in [0.3, 0.4) is 0 Å².